The molecule has 0 atom stereocenters. The van der Waals surface area contributed by atoms with Crippen molar-refractivity contribution in [3.8, 4) is 5.75 Å². The van der Waals surface area contributed by atoms with Crippen LogP contribution in [0.4, 0.5) is 13.2 Å². The molecular formula is C23H23Cl2F3N2O4. The average molecular weight is 519 g/mol. The number of alkyl halides is 3. The Hall–Kier alpha value is -2.75. The van der Waals surface area contributed by atoms with E-state index in [2.05, 4.69) is 0 Å². The van der Waals surface area contributed by atoms with E-state index in [4.69, 9.17) is 21.1 Å². The molecular weight excluding hydrogens is 496 g/mol. The van der Waals surface area contributed by atoms with Crippen molar-refractivity contribution in [3.63, 3.8) is 0 Å². The molecule has 0 saturated carbocycles. The molecule has 0 fully saturated rings. The van der Waals surface area contributed by atoms with E-state index in [-0.39, 0.29) is 46.7 Å². The molecule has 1 heterocycles. The minimum Gasteiger partial charge on any atom is -0.496 e. The third-order valence-electron chi connectivity index (χ3n) is 5.12. The van der Waals surface area contributed by atoms with Gasteiger partial charge in [-0.25, -0.2) is 0 Å². The van der Waals surface area contributed by atoms with E-state index in [0.29, 0.717) is 5.02 Å². The van der Waals surface area contributed by atoms with Crippen molar-refractivity contribution in [2.75, 3.05) is 28.3 Å². The Morgan fingerprint density at radius 1 is 1.06 bits per heavy atom. The van der Waals surface area contributed by atoms with Gasteiger partial charge in [0.2, 0.25) is 0 Å². The summed E-state index contributed by atoms with van der Waals surface area (Å²) in [6.45, 7) is 0.0972. The molecule has 0 spiro atoms. The normalized spacial score (nSPS) is 11.4. The van der Waals surface area contributed by atoms with Gasteiger partial charge in [0.05, 0.1) is 26.2 Å². The van der Waals surface area contributed by atoms with Crippen LogP contribution in [0.3, 0.4) is 0 Å². The highest BCUT2D eigenvalue weighted by Crippen LogP contribution is 2.44. The molecule has 0 bridgehead atoms. The number of carbonyl (C=O) groups is 2. The highest BCUT2D eigenvalue weighted by molar-refractivity contribution is 6.30. The number of carbonyl (C=O) groups excluding carboxylic acids is 2. The Balaban J connectivity index is 0.00000408. The number of hydrogen-bond acceptors (Lipinski definition) is 5. The molecule has 0 unspecified atom stereocenters. The van der Waals surface area contributed by atoms with E-state index >= 15 is 0 Å². The quantitative estimate of drug-likeness (QED) is 0.419. The van der Waals surface area contributed by atoms with Gasteiger partial charge < -0.3 is 14.4 Å². The molecule has 3 rings (SSSR count). The number of fused-ring (bicyclic) bond motifs is 1. The molecule has 0 aliphatic heterocycles. The summed E-state index contributed by atoms with van der Waals surface area (Å²) in [7, 11) is 5.70. The summed E-state index contributed by atoms with van der Waals surface area (Å²) < 4.78 is 53.6. The van der Waals surface area contributed by atoms with Crippen molar-refractivity contribution in [2.24, 2.45) is 0 Å². The first-order valence-electron chi connectivity index (χ1n) is 9.81. The third-order valence-corrected chi connectivity index (χ3v) is 5.37. The zero-order chi connectivity index (χ0) is 24.5. The van der Waals surface area contributed by atoms with Gasteiger partial charge in [-0.15, -0.1) is 12.4 Å². The number of benzene rings is 2. The molecule has 1 aromatic heterocycles. The first-order valence-corrected chi connectivity index (χ1v) is 10.2. The first-order chi connectivity index (χ1) is 15.5. The van der Waals surface area contributed by atoms with E-state index in [1.54, 1.807) is 19.0 Å². The van der Waals surface area contributed by atoms with Gasteiger partial charge in [-0.1, -0.05) is 11.6 Å². The Kier molecular flexibility index (Phi) is 8.63. The number of rotatable bonds is 6. The van der Waals surface area contributed by atoms with Crippen LogP contribution in [-0.4, -0.2) is 49.7 Å². The number of aromatic nitrogens is 1. The maximum absolute atomic E-state index is 14.2. The SMILES string of the molecule is COC(=O)Cc1c(CN(C)C)n(C(=O)c2ccc(Cl)cc2)c2ccc(OC)c(C(F)(F)F)c12.Cl. The van der Waals surface area contributed by atoms with Gasteiger partial charge in [0.25, 0.3) is 5.91 Å². The summed E-state index contributed by atoms with van der Waals surface area (Å²) >= 11 is 5.92. The van der Waals surface area contributed by atoms with E-state index < -0.39 is 35.8 Å². The standard InChI is InChI=1S/C23H22ClF3N2O4.ClH/c1-28(2)12-17-15(11-19(30)33-4)20-16(9-10-18(32-3)21(20)23(25,26)27)29(17)22(31)13-5-7-14(24)8-6-13;/h5-10H,11-12H2,1-4H3;1H. The van der Waals surface area contributed by atoms with Crippen molar-refractivity contribution < 1.29 is 32.2 Å². The molecule has 3 aromatic rings. The number of halogens is 5. The summed E-state index contributed by atoms with van der Waals surface area (Å²) in [6, 6.07) is 8.57. The molecule has 0 amide bonds. The highest BCUT2D eigenvalue weighted by atomic mass is 35.5. The monoisotopic (exact) mass is 518 g/mol. The highest BCUT2D eigenvalue weighted by Gasteiger charge is 2.40. The van der Waals surface area contributed by atoms with Crippen LogP contribution < -0.4 is 4.74 Å². The molecule has 184 valence electrons. The maximum Gasteiger partial charge on any atom is 0.420 e. The molecule has 0 radical (unpaired) electrons. The lowest BCUT2D eigenvalue weighted by molar-refractivity contribution is -0.140. The Morgan fingerprint density at radius 3 is 2.18 bits per heavy atom. The zero-order valence-corrected chi connectivity index (χ0v) is 20.4. The summed E-state index contributed by atoms with van der Waals surface area (Å²) in [4.78, 5) is 27.4. The largest absolute Gasteiger partial charge is 0.496 e. The van der Waals surface area contributed by atoms with Gasteiger partial charge >= 0.3 is 12.1 Å². The van der Waals surface area contributed by atoms with Crippen LogP contribution in [0.1, 0.15) is 27.2 Å². The second-order valence-electron chi connectivity index (χ2n) is 7.60. The maximum atomic E-state index is 14.2. The predicted octanol–water partition coefficient (Wildman–Crippen LogP) is 5.21. The summed E-state index contributed by atoms with van der Waals surface area (Å²) in [5, 5.41) is 0.138. The van der Waals surface area contributed by atoms with Crippen LogP contribution in [0, 0.1) is 0 Å². The average Bonchev–Trinajstić information content (AvgIpc) is 3.04. The first kappa shape index (κ1) is 27.5. The zero-order valence-electron chi connectivity index (χ0n) is 18.8. The predicted molar refractivity (Wildman–Crippen MR) is 125 cm³/mol. The Bertz CT molecular complexity index is 1210. The van der Waals surface area contributed by atoms with Crippen molar-refractivity contribution in [3.05, 3.63) is 63.8 Å². The second-order valence-corrected chi connectivity index (χ2v) is 8.03. The summed E-state index contributed by atoms with van der Waals surface area (Å²) in [6.07, 6.45) is -5.26. The molecule has 0 aliphatic carbocycles. The van der Waals surface area contributed by atoms with Gasteiger partial charge in [-0.2, -0.15) is 13.2 Å². The molecule has 2 aromatic carbocycles. The van der Waals surface area contributed by atoms with Crippen LogP contribution in [0.15, 0.2) is 36.4 Å². The van der Waals surface area contributed by atoms with E-state index in [1.807, 2.05) is 0 Å². The van der Waals surface area contributed by atoms with Crippen LogP contribution in [-0.2, 0) is 28.7 Å². The topological polar surface area (TPSA) is 60.8 Å². The van der Waals surface area contributed by atoms with E-state index in [1.165, 1.54) is 34.9 Å². The fourth-order valence-corrected chi connectivity index (χ4v) is 3.89. The molecule has 6 nitrogen and oxygen atoms in total. The number of esters is 1. The van der Waals surface area contributed by atoms with Crippen molar-refractivity contribution in [1.29, 1.82) is 0 Å². The number of methoxy groups -OCH3 is 2. The van der Waals surface area contributed by atoms with Gasteiger partial charge in [-0.3, -0.25) is 14.2 Å². The smallest absolute Gasteiger partial charge is 0.420 e. The minimum absolute atomic E-state index is 0. The van der Waals surface area contributed by atoms with Crippen LogP contribution in [0.5, 0.6) is 5.75 Å². The van der Waals surface area contributed by atoms with Gasteiger partial charge in [-0.05, 0) is 56.1 Å². The van der Waals surface area contributed by atoms with Crippen LogP contribution >= 0.6 is 24.0 Å². The van der Waals surface area contributed by atoms with Crippen molar-refractivity contribution in [1.82, 2.24) is 9.47 Å². The second kappa shape index (κ2) is 10.7. The van der Waals surface area contributed by atoms with Gasteiger partial charge in [0.1, 0.15) is 11.3 Å². The fourth-order valence-electron chi connectivity index (χ4n) is 3.77. The van der Waals surface area contributed by atoms with Gasteiger partial charge in [0.15, 0.2) is 0 Å². The summed E-state index contributed by atoms with van der Waals surface area (Å²) in [5.41, 5.74) is -0.508. The molecule has 0 aliphatic rings. The van der Waals surface area contributed by atoms with E-state index in [9.17, 15) is 22.8 Å². The van der Waals surface area contributed by atoms with Crippen LogP contribution in [0.2, 0.25) is 5.02 Å². The van der Waals surface area contributed by atoms with Gasteiger partial charge in [0, 0.05) is 28.2 Å². The fraction of sp³-hybridized carbons (Fsp3) is 0.304. The Labute approximate surface area is 205 Å². The lowest BCUT2D eigenvalue weighted by Gasteiger charge is -2.15. The summed E-state index contributed by atoms with van der Waals surface area (Å²) in [5.74, 6) is -1.69. The molecule has 0 N–H and O–H groups in total. The number of ether oxygens (including phenoxy) is 2. The molecule has 34 heavy (non-hydrogen) atoms. The molecule has 0 saturated heterocycles. The number of nitrogens with zero attached hydrogens (tertiary/aromatic N) is 2. The lowest BCUT2D eigenvalue weighted by atomic mass is 10.0. The van der Waals surface area contributed by atoms with Crippen molar-refractivity contribution >= 4 is 46.8 Å². The third kappa shape index (κ3) is 5.32. The number of hydrogen-bond donors (Lipinski definition) is 0. The Morgan fingerprint density at radius 2 is 1.68 bits per heavy atom. The minimum atomic E-state index is -4.80. The van der Waals surface area contributed by atoms with E-state index in [0.717, 1.165) is 20.3 Å². The molecule has 11 heteroatoms. The van der Waals surface area contributed by atoms with Crippen LogP contribution in [0.25, 0.3) is 10.9 Å². The lowest BCUT2D eigenvalue weighted by Crippen LogP contribution is -2.21. The van der Waals surface area contributed by atoms with Crippen molar-refractivity contribution in [2.45, 2.75) is 19.1 Å².